The summed E-state index contributed by atoms with van der Waals surface area (Å²) in [5.41, 5.74) is 3.85. The van der Waals surface area contributed by atoms with Crippen LogP contribution in [0.4, 0.5) is 0 Å². The highest BCUT2D eigenvalue weighted by atomic mass is 14.3. The molecule has 0 spiro atoms. The fourth-order valence-corrected chi connectivity index (χ4v) is 1.55. The van der Waals surface area contributed by atoms with Gasteiger partial charge in [0.2, 0.25) is 0 Å². The van der Waals surface area contributed by atoms with Gasteiger partial charge >= 0.3 is 0 Å². The molecule has 0 aliphatic heterocycles. The molecule has 0 aromatic carbocycles. The van der Waals surface area contributed by atoms with Crippen molar-refractivity contribution in [3.05, 3.63) is 36.0 Å². The summed E-state index contributed by atoms with van der Waals surface area (Å²) in [5.74, 6) is 0.991. The van der Waals surface area contributed by atoms with E-state index in [0.29, 0.717) is 11.8 Å². The molecule has 0 nitrogen and oxygen atoms in total. The highest BCUT2D eigenvalue weighted by molar-refractivity contribution is 5.40. The molecule has 1 aliphatic carbocycles. The van der Waals surface area contributed by atoms with Gasteiger partial charge in [-0.05, 0) is 18.4 Å². The average molecular weight is 148 g/mol. The molecular weight excluding hydrogens is 132 g/mol. The molecular formula is C11H16. The summed E-state index contributed by atoms with van der Waals surface area (Å²) in [4.78, 5) is 0. The van der Waals surface area contributed by atoms with Crippen molar-refractivity contribution in [2.45, 2.75) is 20.8 Å². The minimum atomic E-state index is 0.468. The van der Waals surface area contributed by atoms with E-state index in [9.17, 15) is 0 Å². The molecule has 0 saturated heterocycles. The topological polar surface area (TPSA) is 0 Å². The summed E-state index contributed by atoms with van der Waals surface area (Å²) in [6.45, 7) is 14.6. The lowest BCUT2D eigenvalue weighted by Gasteiger charge is -2.27. The summed E-state index contributed by atoms with van der Waals surface area (Å²) < 4.78 is 0. The SMILES string of the molecule is C=C1C(C)=CC(C)C(=C)C1C. The third-order valence-electron chi connectivity index (χ3n) is 2.67. The van der Waals surface area contributed by atoms with E-state index >= 15 is 0 Å². The van der Waals surface area contributed by atoms with Crippen molar-refractivity contribution in [1.82, 2.24) is 0 Å². The van der Waals surface area contributed by atoms with Crippen LogP contribution < -0.4 is 0 Å². The first-order valence-electron chi connectivity index (χ1n) is 4.10. The smallest absolute Gasteiger partial charge is 0.00195 e. The van der Waals surface area contributed by atoms with Gasteiger partial charge in [0, 0.05) is 5.92 Å². The Hall–Kier alpha value is -0.780. The van der Waals surface area contributed by atoms with Gasteiger partial charge in [0.25, 0.3) is 0 Å². The van der Waals surface area contributed by atoms with Crippen LogP contribution in [0.1, 0.15) is 20.8 Å². The molecule has 1 rings (SSSR count). The van der Waals surface area contributed by atoms with Gasteiger partial charge in [0.1, 0.15) is 0 Å². The van der Waals surface area contributed by atoms with Crippen molar-refractivity contribution < 1.29 is 0 Å². The van der Waals surface area contributed by atoms with E-state index in [0.717, 1.165) is 0 Å². The van der Waals surface area contributed by atoms with E-state index in [4.69, 9.17) is 0 Å². The zero-order valence-corrected chi connectivity index (χ0v) is 7.65. The maximum absolute atomic E-state index is 4.06. The predicted molar refractivity (Wildman–Crippen MR) is 50.4 cm³/mol. The van der Waals surface area contributed by atoms with Gasteiger partial charge in [-0.25, -0.2) is 0 Å². The Morgan fingerprint density at radius 3 is 2.36 bits per heavy atom. The molecule has 0 amide bonds. The van der Waals surface area contributed by atoms with E-state index in [-0.39, 0.29) is 0 Å². The molecule has 0 aromatic heterocycles. The van der Waals surface area contributed by atoms with Gasteiger partial charge in [-0.2, -0.15) is 0 Å². The molecule has 0 fully saturated rings. The van der Waals surface area contributed by atoms with Crippen LogP contribution in [-0.4, -0.2) is 0 Å². The number of allylic oxidation sites excluding steroid dienone is 4. The Kier molecular flexibility index (Phi) is 2.03. The second-order valence-corrected chi connectivity index (χ2v) is 3.46. The molecule has 11 heavy (non-hydrogen) atoms. The lowest BCUT2D eigenvalue weighted by molar-refractivity contribution is 0.667. The third-order valence-corrected chi connectivity index (χ3v) is 2.67. The van der Waals surface area contributed by atoms with Crippen LogP contribution in [0.5, 0.6) is 0 Å². The standard InChI is InChI=1S/C11H16/c1-7-6-8(2)10(4)11(5)9(7)3/h6-7,11H,3-4H2,1-2,5H3. The summed E-state index contributed by atoms with van der Waals surface area (Å²) in [5, 5.41) is 0. The van der Waals surface area contributed by atoms with Crippen molar-refractivity contribution in [1.29, 1.82) is 0 Å². The third kappa shape index (κ3) is 1.30. The molecule has 1 aliphatic rings. The zero-order chi connectivity index (χ0) is 8.59. The Labute approximate surface area is 69.3 Å². The van der Waals surface area contributed by atoms with Crippen molar-refractivity contribution >= 4 is 0 Å². The Balaban J connectivity index is 3.01. The fourth-order valence-electron chi connectivity index (χ4n) is 1.55. The second-order valence-electron chi connectivity index (χ2n) is 3.46. The number of hydrogen-bond donors (Lipinski definition) is 0. The molecule has 2 unspecified atom stereocenters. The Bertz CT molecular complexity index is 230. The molecule has 0 saturated carbocycles. The van der Waals surface area contributed by atoms with Crippen LogP contribution in [0, 0.1) is 11.8 Å². The first-order valence-corrected chi connectivity index (χ1v) is 4.10. The van der Waals surface area contributed by atoms with E-state index in [1.54, 1.807) is 0 Å². The summed E-state index contributed by atoms with van der Waals surface area (Å²) in [6, 6.07) is 0. The maximum atomic E-state index is 4.06. The average Bonchev–Trinajstić information content (AvgIpc) is 1.97. The highest BCUT2D eigenvalue weighted by Crippen LogP contribution is 2.34. The van der Waals surface area contributed by atoms with Crippen molar-refractivity contribution in [3.8, 4) is 0 Å². The van der Waals surface area contributed by atoms with Crippen molar-refractivity contribution in [2.24, 2.45) is 11.8 Å². The van der Waals surface area contributed by atoms with Crippen LogP contribution in [0.2, 0.25) is 0 Å². The molecule has 60 valence electrons. The minimum Gasteiger partial charge on any atom is -0.0987 e. The predicted octanol–water partition coefficient (Wildman–Crippen LogP) is 3.33. The normalized spacial score (nSPS) is 32.1. The van der Waals surface area contributed by atoms with Crippen LogP contribution in [0.3, 0.4) is 0 Å². The van der Waals surface area contributed by atoms with Gasteiger partial charge in [-0.3, -0.25) is 0 Å². The highest BCUT2D eigenvalue weighted by Gasteiger charge is 2.20. The first kappa shape index (κ1) is 8.32. The molecule has 0 heteroatoms. The van der Waals surface area contributed by atoms with Crippen LogP contribution in [-0.2, 0) is 0 Å². The Morgan fingerprint density at radius 1 is 1.27 bits per heavy atom. The molecule has 0 radical (unpaired) electrons. The van der Waals surface area contributed by atoms with E-state index in [2.05, 4.69) is 40.0 Å². The van der Waals surface area contributed by atoms with Crippen molar-refractivity contribution in [3.63, 3.8) is 0 Å². The molecule has 0 N–H and O–H groups in total. The van der Waals surface area contributed by atoms with Crippen molar-refractivity contribution in [2.75, 3.05) is 0 Å². The second kappa shape index (κ2) is 2.69. The minimum absolute atomic E-state index is 0.468. The molecule has 0 heterocycles. The van der Waals surface area contributed by atoms with Gasteiger partial charge in [0.05, 0.1) is 0 Å². The largest absolute Gasteiger partial charge is 0.0987 e. The maximum Gasteiger partial charge on any atom is 0.00195 e. The van der Waals surface area contributed by atoms with Gasteiger partial charge < -0.3 is 0 Å². The van der Waals surface area contributed by atoms with E-state index in [1.807, 2.05) is 0 Å². The van der Waals surface area contributed by atoms with Gasteiger partial charge in [-0.15, -0.1) is 0 Å². The van der Waals surface area contributed by atoms with Gasteiger partial charge in [0.15, 0.2) is 0 Å². The van der Waals surface area contributed by atoms with Gasteiger partial charge in [-0.1, -0.05) is 44.2 Å². The summed E-state index contributed by atoms with van der Waals surface area (Å²) in [6.07, 6.45) is 2.24. The summed E-state index contributed by atoms with van der Waals surface area (Å²) in [7, 11) is 0. The Morgan fingerprint density at radius 2 is 1.82 bits per heavy atom. The lowest BCUT2D eigenvalue weighted by atomic mass is 9.78. The quantitative estimate of drug-likeness (QED) is 0.462. The molecule has 2 atom stereocenters. The van der Waals surface area contributed by atoms with E-state index < -0.39 is 0 Å². The van der Waals surface area contributed by atoms with Crippen LogP contribution in [0.25, 0.3) is 0 Å². The summed E-state index contributed by atoms with van der Waals surface area (Å²) >= 11 is 0. The fraction of sp³-hybridized carbons (Fsp3) is 0.455. The van der Waals surface area contributed by atoms with Crippen LogP contribution in [0.15, 0.2) is 36.0 Å². The van der Waals surface area contributed by atoms with E-state index in [1.165, 1.54) is 16.7 Å². The molecule has 0 bridgehead atoms. The lowest BCUT2D eigenvalue weighted by Crippen LogP contribution is -2.14. The molecule has 0 aromatic rings. The number of hydrogen-bond acceptors (Lipinski definition) is 0. The number of rotatable bonds is 0. The van der Waals surface area contributed by atoms with Crippen LogP contribution >= 0.6 is 0 Å². The first-order chi connectivity index (χ1) is 5.04. The zero-order valence-electron chi connectivity index (χ0n) is 7.65. The monoisotopic (exact) mass is 148 g/mol.